The first-order valence-corrected chi connectivity index (χ1v) is 10.2. The molecule has 2 aromatic heterocycles. The number of nitrogens with one attached hydrogen (secondary N) is 1. The summed E-state index contributed by atoms with van der Waals surface area (Å²) in [6, 6.07) is 15.6. The lowest BCUT2D eigenvalue weighted by Gasteiger charge is -2.18. The van der Waals surface area contributed by atoms with Crippen molar-refractivity contribution in [3.63, 3.8) is 0 Å². The highest BCUT2D eigenvalue weighted by molar-refractivity contribution is 7.19. The van der Waals surface area contributed by atoms with Crippen molar-refractivity contribution in [3.05, 3.63) is 65.5 Å². The summed E-state index contributed by atoms with van der Waals surface area (Å²) in [6.45, 7) is 0.191. The maximum atomic E-state index is 10.7. The first kappa shape index (κ1) is 18.4. The van der Waals surface area contributed by atoms with Gasteiger partial charge < -0.3 is 14.4 Å². The number of methoxy groups -OCH3 is 1. The summed E-state index contributed by atoms with van der Waals surface area (Å²) in [4.78, 5) is 10.8. The summed E-state index contributed by atoms with van der Waals surface area (Å²) in [5, 5.41) is 20.0. The molecule has 5 rings (SSSR count). The van der Waals surface area contributed by atoms with Crippen LogP contribution in [0.25, 0.3) is 27.0 Å². The van der Waals surface area contributed by atoms with Gasteiger partial charge in [-0.1, -0.05) is 12.1 Å². The maximum absolute atomic E-state index is 10.7. The number of thiazole rings is 1. The Morgan fingerprint density at radius 2 is 1.90 bits per heavy atom. The molecule has 0 aliphatic carbocycles. The van der Waals surface area contributed by atoms with E-state index in [0.717, 1.165) is 27.2 Å². The molecule has 0 bridgehead atoms. The predicted molar refractivity (Wildman–Crippen MR) is 119 cm³/mol. The number of rotatable bonds is 4. The normalized spacial score (nSPS) is 14.2. The van der Waals surface area contributed by atoms with Crippen LogP contribution in [0.2, 0.25) is 0 Å². The van der Waals surface area contributed by atoms with Gasteiger partial charge in [-0.25, -0.2) is 9.97 Å². The molecule has 30 heavy (non-hydrogen) atoms. The quantitative estimate of drug-likeness (QED) is 0.511. The number of aliphatic hydroxyl groups excluding tert-OH is 1. The van der Waals surface area contributed by atoms with Crippen LogP contribution in [0.15, 0.2) is 60.5 Å². The number of nitrogens with zero attached hydrogens (tertiary/aromatic N) is 4. The fourth-order valence-corrected chi connectivity index (χ4v) is 4.67. The molecule has 0 unspecified atom stereocenters. The minimum atomic E-state index is 0.132. The van der Waals surface area contributed by atoms with Gasteiger partial charge in [-0.05, 0) is 36.4 Å². The zero-order valence-corrected chi connectivity index (χ0v) is 17.3. The maximum Gasteiger partial charge on any atom is 0.211 e. The number of anilines is 1. The van der Waals surface area contributed by atoms with Crippen LogP contribution in [-0.2, 0) is 7.05 Å². The lowest BCUT2D eigenvalue weighted by Crippen LogP contribution is -2.28. The Bertz CT molecular complexity index is 1270. The molecule has 150 valence electrons. The molecule has 0 saturated carbocycles. The van der Waals surface area contributed by atoms with Gasteiger partial charge in [0.1, 0.15) is 22.4 Å². The highest BCUT2D eigenvalue weighted by Crippen LogP contribution is 2.35. The average Bonchev–Trinajstić information content (AvgIpc) is 3.43. The topological polar surface area (TPSA) is 87.3 Å². The summed E-state index contributed by atoms with van der Waals surface area (Å²) in [6.07, 6.45) is 1.77. The Labute approximate surface area is 177 Å². The second-order valence-electron chi connectivity index (χ2n) is 6.97. The predicted octanol–water partition coefficient (Wildman–Crippen LogP) is 4.47. The molecular formula is C22H19N5O2S. The minimum absolute atomic E-state index is 0.132. The number of hydrogen-bond acceptors (Lipinski definition) is 6. The molecule has 1 aliphatic heterocycles. The second kappa shape index (κ2) is 7.00. The van der Waals surface area contributed by atoms with Gasteiger partial charge in [0.05, 0.1) is 41.3 Å². The molecular weight excluding hydrogens is 398 g/mol. The molecule has 1 aliphatic rings. The molecule has 2 aromatic carbocycles. The van der Waals surface area contributed by atoms with E-state index in [2.05, 4.69) is 9.97 Å². The first-order chi connectivity index (χ1) is 14.6. The smallest absolute Gasteiger partial charge is 0.211 e. The molecule has 7 nitrogen and oxygen atoms in total. The van der Waals surface area contributed by atoms with E-state index in [9.17, 15) is 5.11 Å². The fourth-order valence-electron chi connectivity index (χ4n) is 3.63. The van der Waals surface area contributed by atoms with Crippen LogP contribution in [0, 0.1) is 5.41 Å². The van der Waals surface area contributed by atoms with Crippen molar-refractivity contribution in [1.82, 2.24) is 14.5 Å². The molecule has 2 N–H and O–H groups in total. The summed E-state index contributed by atoms with van der Waals surface area (Å²) < 4.78 is 8.17. The molecule has 3 heterocycles. The molecule has 0 atom stereocenters. The van der Waals surface area contributed by atoms with Crippen molar-refractivity contribution in [2.24, 2.45) is 7.05 Å². The third-order valence-corrected chi connectivity index (χ3v) is 6.26. The van der Waals surface area contributed by atoms with Crippen LogP contribution in [0.4, 0.5) is 5.95 Å². The van der Waals surface area contributed by atoms with Gasteiger partial charge in [-0.2, -0.15) is 0 Å². The first-order valence-electron chi connectivity index (χ1n) is 9.37. The average molecular weight is 417 g/mol. The lowest BCUT2D eigenvalue weighted by molar-refractivity contribution is 0.411. The highest BCUT2D eigenvalue weighted by atomic mass is 32.1. The molecule has 0 fully saturated rings. The Morgan fingerprint density at radius 3 is 2.63 bits per heavy atom. The Morgan fingerprint density at radius 1 is 1.13 bits per heavy atom. The van der Waals surface area contributed by atoms with Gasteiger partial charge in [0, 0.05) is 12.6 Å². The molecule has 0 radical (unpaired) electrons. The number of amidine groups is 1. The monoisotopic (exact) mass is 417 g/mol. The number of fused-ring (bicyclic) bond motifs is 1. The third-order valence-electron chi connectivity index (χ3n) is 5.20. The van der Waals surface area contributed by atoms with Crippen molar-refractivity contribution in [3.8, 4) is 17.0 Å². The van der Waals surface area contributed by atoms with Crippen LogP contribution in [0.5, 0.6) is 5.75 Å². The molecule has 8 heteroatoms. The molecule has 0 amide bonds. The Balaban J connectivity index is 1.47. The third kappa shape index (κ3) is 2.84. The van der Waals surface area contributed by atoms with Crippen molar-refractivity contribution in [2.75, 3.05) is 18.6 Å². The van der Waals surface area contributed by atoms with E-state index < -0.39 is 0 Å². The van der Waals surface area contributed by atoms with E-state index in [1.54, 1.807) is 18.2 Å². The summed E-state index contributed by atoms with van der Waals surface area (Å²) in [5.74, 6) is 1.71. The van der Waals surface area contributed by atoms with E-state index in [4.69, 9.17) is 10.1 Å². The SMILES string of the molecule is COc1ccc(-c2cnc(N3CC(O)=C(c4nc5ccccc5s4)C3=N)n2C)cc1. The van der Waals surface area contributed by atoms with Crippen molar-refractivity contribution >= 4 is 38.9 Å². The second-order valence-corrected chi connectivity index (χ2v) is 8.00. The Hall–Kier alpha value is -3.65. The number of aliphatic hydroxyl groups is 1. The molecule has 0 saturated heterocycles. The van der Waals surface area contributed by atoms with E-state index in [1.165, 1.54) is 11.3 Å². The molecule has 0 spiro atoms. The molecule has 4 aromatic rings. The summed E-state index contributed by atoms with van der Waals surface area (Å²) in [7, 11) is 3.54. The number of imidazole rings is 1. The van der Waals surface area contributed by atoms with E-state index in [0.29, 0.717) is 16.5 Å². The zero-order valence-electron chi connectivity index (χ0n) is 16.5. The summed E-state index contributed by atoms with van der Waals surface area (Å²) >= 11 is 1.47. The van der Waals surface area contributed by atoms with Crippen molar-refractivity contribution in [1.29, 1.82) is 5.41 Å². The number of aromatic nitrogens is 3. The fraction of sp³-hybridized carbons (Fsp3) is 0.136. The number of hydrogen-bond donors (Lipinski definition) is 2. The van der Waals surface area contributed by atoms with Crippen molar-refractivity contribution in [2.45, 2.75) is 0 Å². The van der Waals surface area contributed by atoms with Crippen molar-refractivity contribution < 1.29 is 9.84 Å². The van der Waals surface area contributed by atoms with E-state index in [-0.39, 0.29) is 18.1 Å². The highest BCUT2D eigenvalue weighted by Gasteiger charge is 2.33. The van der Waals surface area contributed by atoms with Gasteiger partial charge >= 0.3 is 0 Å². The van der Waals surface area contributed by atoms with E-state index in [1.807, 2.05) is 60.1 Å². The van der Waals surface area contributed by atoms with Crippen LogP contribution >= 0.6 is 11.3 Å². The van der Waals surface area contributed by atoms with Crippen LogP contribution in [0.1, 0.15) is 5.01 Å². The minimum Gasteiger partial charge on any atom is -0.510 e. The van der Waals surface area contributed by atoms with E-state index >= 15 is 0 Å². The largest absolute Gasteiger partial charge is 0.510 e. The van der Waals surface area contributed by atoms with Gasteiger partial charge in [0.25, 0.3) is 0 Å². The van der Waals surface area contributed by atoms with Gasteiger partial charge in [-0.3, -0.25) is 10.3 Å². The van der Waals surface area contributed by atoms with Crippen LogP contribution in [0.3, 0.4) is 0 Å². The summed E-state index contributed by atoms with van der Waals surface area (Å²) in [5.41, 5.74) is 3.23. The lowest BCUT2D eigenvalue weighted by atomic mass is 10.1. The number of benzene rings is 2. The number of ether oxygens (including phenoxy) is 1. The van der Waals surface area contributed by atoms with Gasteiger partial charge in [0.2, 0.25) is 5.95 Å². The number of para-hydroxylation sites is 1. The van der Waals surface area contributed by atoms with Gasteiger partial charge in [-0.15, -0.1) is 11.3 Å². The zero-order chi connectivity index (χ0) is 20.8. The van der Waals surface area contributed by atoms with Gasteiger partial charge in [0.15, 0.2) is 0 Å². The standard InChI is InChI=1S/C22H19N5O2S/c1-26-16(13-7-9-14(29-2)10-8-13)11-24-22(26)27-12-17(28)19(20(27)23)21-25-15-5-3-4-6-18(15)30-21/h3-11,23,28H,12H2,1-2H3. The van der Waals surface area contributed by atoms with Crippen LogP contribution < -0.4 is 9.64 Å². The van der Waals surface area contributed by atoms with Crippen LogP contribution in [-0.4, -0.2) is 39.1 Å². The Kier molecular flexibility index (Phi) is 4.29.